The molecule has 164 valence electrons. The number of halogens is 1. The minimum Gasteiger partial charge on any atom is -0.481 e. The molecule has 0 saturated carbocycles. The lowest BCUT2D eigenvalue weighted by atomic mass is 10.1. The van der Waals surface area contributed by atoms with Gasteiger partial charge < -0.3 is 15.4 Å². The maximum atomic E-state index is 12.5. The normalized spacial score (nSPS) is 16.2. The molecule has 1 amide bonds. The highest BCUT2D eigenvalue weighted by Gasteiger charge is 2.27. The number of rotatable bonds is 5. The quantitative estimate of drug-likeness (QED) is 0.332. The van der Waals surface area contributed by atoms with Gasteiger partial charge in [0.15, 0.2) is 5.65 Å². The van der Waals surface area contributed by atoms with Crippen molar-refractivity contribution >= 4 is 38.7 Å². The van der Waals surface area contributed by atoms with Crippen LogP contribution >= 0.6 is 15.9 Å². The first-order valence-electron chi connectivity index (χ1n) is 10.3. The number of para-hydroxylation sites is 1. The number of allylic oxidation sites excluding steroid dienone is 1. The summed E-state index contributed by atoms with van der Waals surface area (Å²) in [5.74, 6) is 7.14. The first-order valence-corrected chi connectivity index (χ1v) is 11.5. The molecule has 8 nitrogen and oxygen atoms in total. The van der Waals surface area contributed by atoms with Crippen molar-refractivity contribution in [2.45, 2.75) is 18.9 Å². The number of piperidine rings is 1. The zero-order chi connectivity index (χ0) is 22.3. The van der Waals surface area contributed by atoms with Crippen molar-refractivity contribution < 1.29 is 9.53 Å². The summed E-state index contributed by atoms with van der Waals surface area (Å²) < 4.78 is 7.48. The number of nitrogens with zero attached hydrogens (tertiary/aromatic N) is 5. The summed E-state index contributed by atoms with van der Waals surface area (Å²) in [6.45, 7) is 1.50. The Balaban J connectivity index is 1.58. The molecule has 32 heavy (non-hydrogen) atoms. The van der Waals surface area contributed by atoms with E-state index in [-0.39, 0.29) is 18.6 Å². The summed E-state index contributed by atoms with van der Waals surface area (Å²) in [5.41, 5.74) is 7.28. The lowest BCUT2D eigenvalue weighted by Gasteiger charge is -2.32. The summed E-state index contributed by atoms with van der Waals surface area (Å²) in [5, 5.41) is 5.99. The van der Waals surface area contributed by atoms with Crippen LogP contribution in [0.2, 0.25) is 0 Å². The van der Waals surface area contributed by atoms with Gasteiger partial charge >= 0.3 is 0 Å². The van der Waals surface area contributed by atoms with E-state index in [4.69, 9.17) is 15.6 Å². The van der Waals surface area contributed by atoms with Crippen LogP contribution in [-0.2, 0) is 4.79 Å². The van der Waals surface area contributed by atoms with E-state index in [0.29, 0.717) is 34.4 Å². The summed E-state index contributed by atoms with van der Waals surface area (Å²) in [6.07, 6.45) is 6.59. The second kappa shape index (κ2) is 10.3. The van der Waals surface area contributed by atoms with Gasteiger partial charge in [-0.15, -0.1) is 0 Å². The standard InChI is InChI=1S/C23H23BrN6O2/c24-12-4-11-20(31)29-13-5-7-17(15-29)30-23-21(22(25)26-16-27-23)19(28-30)10-6-14-32-18-8-2-1-3-9-18/h1-4,8-9,11,16-17H,5,7,12-15H2,(H2,25,26,27)/b11-4+/t17-/m1/s1. The van der Waals surface area contributed by atoms with Crippen molar-refractivity contribution in [2.24, 2.45) is 0 Å². The number of likely N-dealkylation sites (tertiary alicyclic amines) is 1. The van der Waals surface area contributed by atoms with Crippen LogP contribution in [0.15, 0.2) is 48.8 Å². The number of hydrogen-bond acceptors (Lipinski definition) is 6. The summed E-state index contributed by atoms with van der Waals surface area (Å²) in [4.78, 5) is 22.8. The van der Waals surface area contributed by atoms with Crippen LogP contribution in [-0.4, -0.2) is 55.6 Å². The number of nitrogen functional groups attached to an aromatic ring is 1. The molecule has 0 aliphatic carbocycles. The third kappa shape index (κ3) is 4.92. The molecule has 0 unspecified atom stereocenters. The van der Waals surface area contributed by atoms with E-state index in [1.807, 2.05) is 39.9 Å². The zero-order valence-electron chi connectivity index (χ0n) is 17.4. The Bertz CT molecular complexity index is 1180. The van der Waals surface area contributed by atoms with Gasteiger partial charge in [0.1, 0.15) is 30.2 Å². The smallest absolute Gasteiger partial charge is 0.246 e. The molecule has 0 bridgehead atoms. The number of fused-ring (bicyclic) bond motifs is 1. The predicted molar refractivity (Wildman–Crippen MR) is 126 cm³/mol. The second-order valence-corrected chi connectivity index (χ2v) is 7.94. The molecule has 1 aliphatic rings. The maximum Gasteiger partial charge on any atom is 0.246 e. The molecule has 1 aromatic carbocycles. The second-order valence-electron chi connectivity index (χ2n) is 7.29. The van der Waals surface area contributed by atoms with Crippen molar-refractivity contribution in [3.8, 4) is 17.6 Å². The molecule has 2 aromatic heterocycles. The first kappa shape index (κ1) is 21.8. The highest BCUT2D eigenvalue weighted by atomic mass is 79.9. The number of carbonyl (C=O) groups is 1. The number of anilines is 1. The Morgan fingerprint density at radius 3 is 2.97 bits per heavy atom. The molecule has 2 N–H and O–H groups in total. The summed E-state index contributed by atoms with van der Waals surface area (Å²) in [6, 6.07) is 9.48. The van der Waals surface area contributed by atoms with Crippen LogP contribution in [0, 0.1) is 11.8 Å². The average Bonchev–Trinajstić information content (AvgIpc) is 3.21. The Morgan fingerprint density at radius 2 is 2.16 bits per heavy atom. The molecule has 0 radical (unpaired) electrons. The predicted octanol–water partition coefficient (Wildman–Crippen LogP) is 2.95. The van der Waals surface area contributed by atoms with Crippen molar-refractivity contribution in [1.29, 1.82) is 0 Å². The molecule has 0 spiro atoms. The number of benzene rings is 1. The van der Waals surface area contributed by atoms with Crippen molar-refractivity contribution in [3.05, 3.63) is 54.5 Å². The summed E-state index contributed by atoms with van der Waals surface area (Å²) >= 11 is 3.31. The number of amides is 1. The molecule has 9 heteroatoms. The van der Waals surface area contributed by atoms with Gasteiger partial charge in [-0.05, 0) is 37.0 Å². The number of nitrogens with two attached hydrogens (primary N) is 1. The molecule has 4 rings (SSSR count). The number of carbonyl (C=O) groups excluding carboxylic acids is 1. The number of aromatic nitrogens is 4. The van der Waals surface area contributed by atoms with Crippen molar-refractivity contribution in [3.63, 3.8) is 0 Å². The van der Waals surface area contributed by atoms with Crippen molar-refractivity contribution in [2.75, 3.05) is 30.8 Å². The van der Waals surface area contributed by atoms with Gasteiger partial charge in [-0.25, -0.2) is 14.6 Å². The average molecular weight is 495 g/mol. The van der Waals surface area contributed by atoms with Gasteiger partial charge in [0.25, 0.3) is 0 Å². The monoisotopic (exact) mass is 494 g/mol. The van der Waals surface area contributed by atoms with Crippen LogP contribution in [0.25, 0.3) is 11.0 Å². The SMILES string of the molecule is Nc1ncnc2c1c(C#CCOc1ccccc1)nn2[C@@H]1CCCN(C(=O)/C=C/CBr)C1. The van der Waals surface area contributed by atoms with E-state index in [0.717, 1.165) is 25.1 Å². The fourth-order valence-corrected chi connectivity index (χ4v) is 3.89. The van der Waals surface area contributed by atoms with Gasteiger partial charge in [0.2, 0.25) is 5.91 Å². The van der Waals surface area contributed by atoms with E-state index in [9.17, 15) is 4.79 Å². The molecule has 1 fully saturated rings. The molecule has 1 saturated heterocycles. The lowest BCUT2D eigenvalue weighted by molar-refractivity contribution is -0.127. The van der Waals surface area contributed by atoms with Gasteiger partial charge in [-0.3, -0.25) is 4.79 Å². The van der Waals surface area contributed by atoms with Gasteiger partial charge in [-0.1, -0.05) is 46.1 Å². The lowest BCUT2D eigenvalue weighted by Crippen LogP contribution is -2.40. The number of ether oxygens (including phenoxy) is 1. The molecule has 1 aliphatic heterocycles. The van der Waals surface area contributed by atoms with E-state index in [1.165, 1.54) is 6.33 Å². The van der Waals surface area contributed by atoms with Crippen LogP contribution in [0.1, 0.15) is 24.6 Å². The van der Waals surface area contributed by atoms with Gasteiger partial charge in [-0.2, -0.15) is 5.10 Å². The molecule has 1 atom stereocenters. The highest BCUT2D eigenvalue weighted by Crippen LogP contribution is 2.28. The highest BCUT2D eigenvalue weighted by molar-refractivity contribution is 9.09. The van der Waals surface area contributed by atoms with E-state index in [1.54, 1.807) is 12.2 Å². The Hall–Kier alpha value is -3.38. The number of alkyl halides is 1. The Labute approximate surface area is 194 Å². The first-order chi connectivity index (χ1) is 15.7. The minimum atomic E-state index is -0.0158. The Kier molecular flexibility index (Phi) is 7.02. The zero-order valence-corrected chi connectivity index (χ0v) is 19.0. The summed E-state index contributed by atoms with van der Waals surface area (Å²) in [7, 11) is 0. The van der Waals surface area contributed by atoms with Crippen LogP contribution in [0.4, 0.5) is 5.82 Å². The van der Waals surface area contributed by atoms with Crippen LogP contribution < -0.4 is 10.5 Å². The maximum absolute atomic E-state index is 12.5. The van der Waals surface area contributed by atoms with E-state index in [2.05, 4.69) is 37.7 Å². The topological polar surface area (TPSA) is 99.2 Å². The van der Waals surface area contributed by atoms with Crippen LogP contribution in [0.5, 0.6) is 5.75 Å². The van der Waals surface area contributed by atoms with Crippen LogP contribution in [0.3, 0.4) is 0 Å². The molecular weight excluding hydrogens is 472 g/mol. The fourth-order valence-electron chi connectivity index (χ4n) is 3.70. The molecular formula is C23H23BrN6O2. The van der Waals surface area contributed by atoms with Gasteiger partial charge in [0, 0.05) is 18.4 Å². The Morgan fingerprint density at radius 1 is 1.31 bits per heavy atom. The van der Waals surface area contributed by atoms with E-state index >= 15 is 0 Å². The molecule has 3 aromatic rings. The van der Waals surface area contributed by atoms with Gasteiger partial charge in [0.05, 0.1) is 11.4 Å². The van der Waals surface area contributed by atoms with E-state index < -0.39 is 0 Å². The molecule has 3 heterocycles. The largest absolute Gasteiger partial charge is 0.481 e. The van der Waals surface area contributed by atoms with Crippen molar-refractivity contribution in [1.82, 2.24) is 24.6 Å². The minimum absolute atomic E-state index is 0.00201. The third-order valence-electron chi connectivity index (χ3n) is 5.18. The fraction of sp³-hybridized carbons (Fsp3) is 0.304. The number of hydrogen-bond donors (Lipinski definition) is 1. The third-order valence-corrected chi connectivity index (χ3v) is 5.56.